The van der Waals surface area contributed by atoms with E-state index in [0.29, 0.717) is 32.2 Å². The van der Waals surface area contributed by atoms with Gasteiger partial charge in [0.2, 0.25) is 5.91 Å². The number of carbonyl (C=O) groups excluding carboxylic acids is 2. The molecule has 1 heterocycles. The molecule has 1 unspecified atom stereocenters. The molecule has 1 aliphatic heterocycles. The summed E-state index contributed by atoms with van der Waals surface area (Å²) in [4.78, 5) is 27.7. The minimum absolute atomic E-state index is 0.0336. The van der Waals surface area contributed by atoms with Gasteiger partial charge in [0.05, 0.1) is 12.1 Å². The molecule has 0 spiro atoms. The molecule has 2 rings (SSSR count). The van der Waals surface area contributed by atoms with Gasteiger partial charge in [0.1, 0.15) is 11.6 Å². The van der Waals surface area contributed by atoms with Crippen LogP contribution in [0.2, 0.25) is 0 Å². The van der Waals surface area contributed by atoms with E-state index in [1.807, 2.05) is 18.7 Å². The van der Waals surface area contributed by atoms with Gasteiger partial charge in [-0.1, -0.05) is 6.92 Å². The van der Waals surface area contributed by atoms with Crippen LogP contribution in [0.3, 0.4) is 0 Å². The molecule has 2 amide bonds. The Labute approximate surface area is 140 Å². The number of rotatable bonds is 5. The Balaban J connectivity index is 1.86. The minimum Gasteiger partial charge on any atom is -0.353 e. The molecule has 0 aromatic heterocycles. The highest BCUT2D eigenvalue weighted by Crippen LogP contribution is 2.14. The van der Waals surface area contributed by atoms with Crippen molar-refractivity contribution in [2.45, 2.75) is 26.3 Å². The van der Waals surface area contributed by atoms with Crippen LogP contribution >= 0.6 is 0 Å². The molecule has 132 valence electrons. The number of hydrogen-bond donors (Lipinski definition) is 1. The van der Waals surface area contributed by atoms with Crippen molar-refractivity contribution < 1.29 is 18.4 Å². The van der Waals surface area contributed by atoms with Crippen molar-refractivity contribution in [1.82, 2.24) is 15.1 Å². The second-order valence-electron chi connectivity index (χ2n) is 6.07. The number of nitrogens with one attached hydrogen (secondary N) is 1. The Kier molecular flexibility index (Phi) is 6.25. The maximum absolute atomic E-state index is 13.7. The van der Waals surface area contributed by atoms with Gasteiger partial charge in [-0.25, -0.2) is 8.78 Å². The third-order valence-electron chi connectivity index (χ3n) is 4.21. The molecular formula is C17H23F2N3O2. The molecule has 0 radical (unpaired) electrons. The van der Waals surface area contributed by atoms with Crippen LogP contribution in [0.5, 0.6) is 0 Å². The van der Waals surface area contributed by atoms with Gasteiger partial charge < -0.3 is 10.2 Å². The summed E-state index contributed by atoms with van der Waals surface area (Å²) < 4.78 is 26.6. The van der Waals surface area contributed by atoms with E-state index < -0.39 is 17.5 Å². The first-order valence-corrected chi connectivity index (χ1v) is 8.16. The monoisotopic (exact) mass is 339 g/mol. The molecule has 5 nitrogen and oxygen atoms in total. The fourth-order valence-electron chi connectivity index (χ4n) is 2.57. The van der Waals surface area contributed by atoms with E-state index in [1.54, 1.807) is 0 Å². The molecule has 7 heteroatoms. The summed E-state index contributed by atoms with van der Waals surface area (Å²) in [6, 6.07) is 3.09. The zero-order valence-corrected chi connectivity index (χ0v) is 14.0. The van der Waals surface area contributed by atoms with Crippen LogP contribution in [-0.4, -0.2) is 60.4 Å². The summed E-state index contributed by atoms with van der Waals surface area (Å²) in [7, 11) is 0. The van der Waals surface area contributed by atoms with Crippen LogP contribution in [0, 0.1) is 11.6 Å². The van der Waals surface area contributed by atoms with Crippen molar-refractivity contribution in [1.29, 1.82) is 0 Å². The van der Waals surface area contributed by atoms with Gasteiger partial charge in [-0.05, 0) is 25.5 Å². The SMILES string of the molecule is CCC(C)NC(=O)CN1CCN(C(=O)c2ccc(F)cc2F)CC1. The molecule has 1 aromatic carbocycles. The highest BCUT2D eigenvalue weighted by atomic mass is 19.1. The summed E-state index contributed by atoms with van der Waals surface area (Å²) >= 11 is 0. The predicted octanol–water partition coefficient (Wildman–Crippen LogP) is 1.64. The number of benzene rings is 1. The minimum atomic E-state index is -0.852. The highest BCUT2D eigenvalue weighted by Gasteiger charge is 2.25. The lowest BCUT2D eigenvalue weighted by Crippen LogP contribution is -2.51. The van der Waals surface area contributed by atoms with Crippen molar-refractivity contribution in [2.24, 2.45) is 0 Å². The normalized spacial score (nSPS) is 16.8. The van der Waals surface area contributed by atoms with Crippen molar-refractivity contribution in [3.8, 4) is 0 Å². The van der Waals surface area contributed by atoms with Crippen molar-refractivity contribution in [2.75, 3.05) is 32.7 Å². The van der Waals surface area contributed by atoms with Gasteiger partial charge >= 0.3 is 0 Å². The van der Waals surface area contributed by atoms with Crippen LogP contribution in [0.25, 0.3) is 0 Å². The quantitative estimate of drug-likeness (QED) is 0.887. The fourth-order valence-corrected chi connectivity index (χ4v) is 2.57. The maximum atomic E-state index is 13.7. The van der Waals surface area contributed by atoms with Crippen LogP contribution in [-0.2, 0) is 4.79 Å². The number of nitrogens with zero attached hydrogens (tertiary/aromatic N) is 2. The van der Waals surface area contributed by atoms with Gasteiger partial charge in [-0.15, -0.1) is 0 Å². The van der Waals surface area contributed by atoms with Gasteiger partial charge in [0, 0.05) is 38.3 Å². The number of hydrogen-bond acceptors (Lipinski definition) is 3. The Bertz CT molecular complexity index is 601. The molecule has 0 bridgehead atoms. The maximum Gasteiger partial charge on any atom is 0.256 e. The van der Waals surface area contributed by atoms with Crippen LogP contribution in [0.1, 0.15) is 30.6 Å². The summed E-state index contributed by atoms with van der Waals surface area (Å²) in [6.07, 6.45) is 0.872. The van der Waals surface area contributed by atoms with Gasteiger partial charge in [-0.3, -0.25) is 14.5 Å². The molecule has 0 saturated carbocycles. The Morgan fingerprint density at radius 2 is 1.88 bits per heavy atom. The van der Waals surface area contributed by atoms with Gasteiger partial charge in [-0.2, -0.15) is 0 Å². The molecular weight excluding hydrogens is 316 g/mol. The Morgan fingerprint density at radius 3 is 2.46 bits per heavy atom. The molecule has 1 aromatic rings. The summed E-state index contributed by atoms with van der Waals surface area (Å²) in [5.41, 5.74) is -0.126. The number of piperazine rings is 1. The molecule has 1 atom stereocenters. The van der Waals surface area contributed by atoms with Crippen LogP contribution in [0.15, 0.2) is 18.2 Å². The number of amides is 2. The lowest BCUT2D eigenvalue weighted by atomic mass is 10.1. The highest BCUT2D eigenvalue weighted by molar-refractivity contribution is 5.94. The van der Waals surface area contributed by atoms with E-state index in [9.17, 15) is 18.4 Å². The van der Waals surface area contributed by atoms with Crippen molar-refractivity contribution in [3.63, 3.8) is 0 Å². The van der Waals surface area contributed by atoms with E-state index in [0.717, 1.165) is 12.5 Å². The van der Waals surface area contributed by atoms with Crippen molar-refractivity contribution >= 4 is 11.8 Å². The number of carbonyl (C=O) groups is 2. The van der Waals surface area contributed by atoms with Crippen molar-refractivity contribution in [3.05, 3.63) is 35.4 Å². The second kappa shape index (κ2) is 8.19. The smallest absolute Gasteiger partial charge is 0.256 e. The van der Waals surface area contributed by atoms with E-state index in [4.69, 9.17) is 0 Å². The summed E-state index contributed by atoms with van der Waals surface area (Å²) in [5.74, 6) is -2.04. The van der Waals surface area contributed by atoms with E-state index in [1.165, 1.54) is 11.0 Å². The average molecular weight is 339 g/mol. The lowest BCUT2D eigenvalue weighted by Gasteiger charge is -2.34. The molecule has 1 N–H and O–H groups in total. The number of halogens is 2. The summed E-state index contributed by atoms with van der Waals surface area (Å²) in [5, 5.41) is 2.90. The standard InChI is InChI=1S/C17H23F2N3O2/c1-3-12(2)20-16(23)11-21-6-8-22(9-7-21)17(24)14-5-4-13(18)10-15(14)19/h4-5,10,12H,3,6-9,11H2,1-2H3,(H,20,23). The molecule has 1 fully saturated rings. The fraction of sp³-hybridized carbons (Fsp3) is 0.529. The third kappa shape index (κ3) is 4.74. The first-order chi connectivity index (χ1) is 11.4. The Morgan fingerprint density at radius 1 is 1.21 bits per heavy atom. The van der Waals surface area contributed by atoms with Gasteiger partial charge in [0.25, 0.3) is 5.91 Å². The second-order valence-corrected chi connectivity index (χ2v) is 6.07. The molecule has 1 saturated heterocycles. The van der Waals surface area contributed by atoms with Crippen LogP contribution in [0.4, 0.5) is 8.78 Å². The third-order valence-corrected chi connectivity index (χ3v) is 4.21. The lowest BCUT2D eigenvalue weighted by molar-refractivity contribution is -0.123. The zero-order valence-electron chi connectivity index (χ0n) is 14.0. The molecule has 24 heavy (non-hydrogen) atoms. The average Bonchev–Trinajstić information content (AvgIpc) is 2.54. The molecule has 1 aliphatic rings. The van der Waals surface area contributed by atoms with E-state index in [-0.39, 0.29) is 24.1 Å². The first-order valence-electron chi connectivity index (χ1n) is 8.16. The van der Waals surface area contributed by atoms with Crippen LogP contribution < -0.4 is 5.32 Å². The molecule has 0 aliphatic carbocycles. The largest absolute Gasteiger partial charge is 0.353 e. The topological polar surface area (TPSA) is 52.7 Å². The van der Waals surface area contributed by atoms with Gasteiger partial charge in [0.15, 0.2) is 0 Å². The zero-order chi connectivity index (χ0) is 17.7. The predicted molar refractivity (Wildman–Crippen MR) is 86.6 cm³/mol. The van der Waals surface area contributed by atoms with E-state index in [2.05, 4.69) is 5.32 Å². The van der Waals surface area contributed by atoms with E-state index >= 15 is 0 Å². The first kappa shape index (κ1) is 18.3. The summed E-state index contributed by atoms with van der Waals surface area (Å²) in [6.45, 7) is 6.15. The Hall–Kier alpha value is -2.02.